The van der Waals surface area contributed by atoms with Crippen LogP contribution in [0.5, 0.6) is 0 Å². The van der Waals surface area contributed by atoms with Crippen molar-refractivity contribution in [3.63, 3.8) is 0 Å². The highest BCUT2D eigenvalue weighted by atomic mass is 16.6. The van der Waals surface area contributed by atoms with Gasteiger partial charge in [-0.15, -0.1) is 0 Å². The van der Waals surface area contributed by atoms with Crippen molar-refractivity contribution in [2.75, 3.05) is 13.2 Å². The van der Waals surface area contributed by atoms with Crippen LogP contribution in [0.3, 0.4) is 0 Å². The van der Waals surface area contributed by atoms with E-state index in [1.54, 1.807) is 0 Å². The average Bonchev–Trinajstić information content (AvgIpc) is 3.36. The zero-order valence-corrected chi connectivity index (χ0v) is 47.0. The minimum atomic E-state index is -0.779. The Morgan fingerprint density at radius 1 is 0.329 bits per heavy atom. The zero-order chi connectivity index (χ0) is 50.6. The lowest BCUT2D eigenvalue weighted by Gasteiger charge is -2.15. The van der Waals surface area contributed by atoms with E-state index in [-0.39, 0.29) is 25.2 Å². The molecule has 70 heavy (non-hydrogen) atoms. The fourth-order valence-corrected chi connectivity index (χ4v) is 9.38. The number of aliphatic hydroxyl groups excluding tert-OH is 1. The van der Waals surface area contributed by atoms with Crippen molar-refractivity contribution in [2.45, 2.75) is 341 Å². The first-order valence-electron chi connectivity index (χ1n) is 31.2. The highest BCUT2D eigenvalue weighted by Crippen LogP contribution is 2.17. The number of hydrogen-bond donors (Lipinski definition) is 1. The van der Waals surface area contributed by atoms with E-state index in [9.17, 15) is 14.7 Å². The molecule has 0 saturated heterocycles. The van der Waals surface area contributed by atoms with Crippen LogP contribution < -0.4 is 0 Å². The predicted octanol–water partition coefficient (Wildman–Crippen LogP) is 21.2. The van der Waals surface area contributed by atoms with Crippen molar-refractivity contribution in [1.29, 1.82) is 0 Å². The van der Waals surface area contributed by atoms with Gasteiger partial charge in [-0.2, -0.15) is 0 Å². The van der Waals surface area contributed by atoms with Crippen molar-refractivity contribution < 1.29 is 24.2 Å². The summed E-state index contributed by atoms with van der Waals surface area (Å²) < 4.78 is 10.7. The Balaban J connectivity index is 3.42. The molecule has 0 aromatic rings. The molecule has 0 aliphatic rings. The normalized spacial score (nSPS) is 12.4. The first-order valence-corrected chi connectivity index (χ1v) is 31.2. The van der Waals surface area contributed by atoms with Gasteiger partial charge in [-0.1, -0.05) is 294 Å². The Labute approximate surface area is 437 Å². The number of hydrogen-bond acceptors (Lipinski definition) is 5. The van der Waals surface area contributed by atoms with Gasteiger partial charge < -0.3 is 14.6 Å². The standard InChI is InChI=1S/C65H120O5/c1-3-5-7-9-11-13-15-17-19-21-23-25-26-27-28-29-30-31-32-33-34-35-36-37-38-40-41-43-45-47-49-51-53-55-57-59-64(67)69-62-63(61-66)70-65(68)60-58-56-54-52-50-48-46-44-42-39-24-22-20-18-16-14-12-10-8-6-4-2/h16,18,21-24,42,44,63,66H,3-15,17,19-20,25-41,43,45-62H2,1-2H3/b18-16-,23-21-,24-22-,44-42-. The van der Waals surface area contributed by atoms with E-state index in [1.807, 2.05) is 0 Å². The van der Waals surface area contributed by atoms with E-state index in [1.165, 1.54) is 250 Å². The third kappa shape index (κ3) is 58.4. The molecule has 1 N–H and O–H groups in total. The van der Waals surface area contributed by atoms with Crippen molar-refractivity contribution >= 4 is 11.9 Å². The molecule has 0 spiro atoms. The molecule has 0 aromatic carbocycles. The van der Waals surface area contributed by atoms with Crippen LogP contribution in [0, 0.1) is 0 Å². The number of unbranched alkanes of at least 4 members (excludes halogenated alkanes) is 42. The topological polar surface area (TPSA) is 72.8 Å². The highest BCUT2D eigenvalue weighted by molar-refractivity contribution is 5.70. The SMILES string of the molecule is CCCCCCC/C=C\C/C=C\C/C=C\CCCCCCCCC(=O)OC(CO)COC(=O)CCCCCCCCCCCCCCCCCCCCCCCCC/C=C\CCCCCCCCCC. The Morgan fingerprint density at radius 3 is 0.871 bits per heavy atom. The Bertz CT molecular complexity index is 1150. The van der Waals surface area contributed by atoms with Crippen LogP contribution in [0.25, 0.3) is 0 Å². The number of aliphatic hydroxyl groups is 1. The zero-order valence-electron chi connectivity index (χ0n) is 47.0. The number of rotatable bonds is 58. The van der Waals surface area contributed by atoms with Crippen LogP contribution in [0.4, 0.5) is 0 Å². The van der Waals surface area contributed by atoms with Gasteiger partial charge in [0.2, 0.25) is 0 Å². The first-order chi connectivity index (χ1) is 34.6. The van der Waals surface area contributed by atoms with Crippen LogP contribution in [0.1, 0.15) is 335 Å². The van der Waals surface area contributed by atoms with Gasteiger partial charge in [0.25, 0.3) is 0 Å². The van der Waals surface area contributed by atoms with Crippen LogP contribution >= 0.6 is 0 Å². The second-order valence-electron chi connectivity index (χ2n) is 21.1. The third-order valence-electron chi connectivity index (χ3n) is 14.1. The van der Waals surface area contributed by atoms with Gasteiger partial charge in [0.05, 0.1) is 6.61 Å². The maximum absolute atomic E-state index is 12.3. The maximum Gasteiger partial charge on any atom is 0.306 e. The molecular formula is C65H120O5. The van der Waals surface area contributed by atoms with Crippen LogP contribution in [0.15, 0.2) is 48.6 Å². The van der Waals surface area contributed by atoms with Crippen LogP contribution in [-0.4, -0.2) is 36.4 Å². The highest BCUT2D eigenvalue weighted by Gasteiger charge is 2.16. The van der Waals surface area contributed by atoms with E-state index in [4.69, 9.17) is 9.47 Å². The quantitative estimate of drug-likeness (QED) is 0.0373. The van der Waals surface area contributed by atoms with Crippen molar-refractivity contribution in [3.05, 3.63) is 48.6 Å². The first kappa shape index (κ1) is 67.9. The molecule has 0 saturated carbocycles. The Morgan fingerprint density at radius 2 is 0.571 bits per heavy atom. The van der Waals surface area contributed by atoms with Crippen LogP contribution in [0.2, 0.25) is 0 Å². The summed E-state index contributed by atoms with van der Waals surface area (Å²) in [6, 6.07) is 0. The van der Waals surface area contributed by atoms with E-state index in [0.717, 1.165) is 57.8 Å². The van der Waals surface area contributed by atoms with E-state index < -0.39 is 6.10 Å². The summed E-state index contributed by atoms with van der Waals surface area (Å²) in [5, 5.41) is 9.66. The largest absolute Gasteiger partial charge is 0.462 e. The summed E-state index contributed by atoms with van der Waals surface area (Å²) in [6.45, 7) is 4.16. The summed E-state index contributed by atoms with van der Waals surface area (Å²) in [7, 11) is 0. The van der Waals surface area contributed by atoms with Crippen molar-refractivity contribution in [2.24, 2.45) is 0 Å². The second-order valence-corrected chi connectivity index (χ2v) is 21.1. The molecule has 0 aliphatic heterocycles. The average molecular weight is 982 g/mol. The number of ether oxygens (including phenoxy) is 2. The summed E-state index contributed by atoms with van der Waals surface area (Å²) in [5.74, 6) is -0.591. The fraction of sp³-hybridized carbons (Fsp3) is 0.846. The van der Waals surface area contributed by atoms with E-state index in [2.05, 4.69) is 62.5 Å². The molecule has 0 amide bonds. The minimum Gasteiger partial charge on any atom is -0.462 e. The smallest absolute Gasteiger partial charge is 0.306 e. The molecule has 0 fully saturated rings. The molecule has 0 radical (unpaired) electrons. The number of carbonyl (C=O) groups is 2. The van der Waals surface area contributed by atoms with Gasteiger partial charge in [-0.05, 0) is 77.0 Å². The van der Waals surface area contributed by atoms with E-state index in [0.29, 0.717) is 12.8 Å². The molecule has 410 valence electrons. The van der Waals surface area contributed by atoms with Gasteiger partial charge in [0.1, 0.15) is 6.61 Å². The molecular weight excluding hydrogens is 861 g/mol. The molecule has 5 nitrogen and oxygen atoms in total. The lowest BCUT2D eigenvalue weighted by Crippen LogP contribution is -2.28. The number of carbonyl (C=O) groups excluding carboxylic acids is 2. The fourth-order valence-electron chi connectivity index (χ4n) is 9.38. The van der Waals surface area contributed by atoms with Gasteiger partial charge >= 0.3 is 11.9 Å². The van der Waals surface area contributed by atoms with Gasteiger partial charge in [-0.3, -0.25) is 9.59 Å². The monoisotopic (exact) mass is 981 g/mol. The molecule has 0 bridgehead atoms. The molecule has 0 heterocycles. The van der Waals surface area contributed by atoms with Gasteiger partial charge in [0, 0.05) is 12.8 Å². The maximum atomic E-state index is 12.3. The van der Waals surface area contributed by atoms with Crippen molar-refractivity contribution in [3.8, 4) is 0 Å². The van der Waals surface area contributed by atoms with Gasteiger partial charge in [0.15, 0.2) is 6.10 Å². The molecule has 1 unspecified atom stereocenters. The Kier molecular flexibility index (Phi) is 59.3. The van der Waals surface area contributed by atoms with E-state index >= 15 is 0 Å². The third-order valence-corrected chi connectivity index (χ3v) is 14.1. The lowest BCUT2D eigenvalue weighted by molar-refractivity contribution is -0.161. The number of esters is 2. The second kappa shape index (κ2) is 61.2. The molecule has 0 aromatic heterocycles. The molecule has 5 heteroatoms. The van der Waals surface area contributed by atoms with Crippen molar-refractivity contribution in [1.82, 2.24) is 0 Å². The molecule has 0 aliphatic carbocycles. The van der Waals surface area contributed by atoms with Gasteiger partial charge in [-0.25, -0.2) is 0 Å². The summed E-state index contributed by atoms with van der Waals surface area (Å²) in [5.41, 5.74) is 0. The summed E-state index contributed by atoms with van der Waals surface area (Å²) >= 11 is 0. The molecule has 0 rings (SSSR count). The number of allylic oxidation sites excluding steroid dienone is 8. The summed E-state index contributed by atoms with van der Waals surface area (Å²) in [4.78, 5) is 24.5. The van der Waals surface area contributed by atoms with Crippen LogP contribution in [-0.2, 0) is 19.1 Å². The lowest BCUT2D eigenvalue weighted by atomic mass is 10.0. The summed E-state index contributed by atoms with van der Waals surface area (Å²) in [6.07, 6.45) is 81.2. The predicted molar refractivity (Wildman–Crippen MR) is 307 cm³/mol. The minimum absolute atomic E-state index is 0.0685. The molecule has 1 atom stereocenters. The Hall–Kier alpha value is -2.14.